The molecule has 0 spiro atoms. The summed E-state index contributed by atoms with van der Waals surface area (Å²) in [5, 5.41) is 10.1. The number of phenols is 1. The normalized spacial score (nSPS) is 11.7. The van der Waals surface area contributed by atoms with Gasteiger partial charge < -0.3 is 5.11 Å². The van der Waals surface area contributed by atoms with E-state index in [1.807, 2.05) is 0 Å². The summed E-state index contributed by atoms with van der Waals surface area (Å²) in [4.78, 5) is 4.19. The van der Waals surface area contributed by atoms with E-state index < -0.39 is 15.8 Å². The Hall–Kier alpha value is -2.61. The fourth-order valence-electron chi connectivity index (χ4n) is 2.30. The van der Waals surface area contributed by atoms with Crippen LogP contribution in [-0.4, -0.2) is 19.7 Å². The van der Waals surface area contributed by atoms with E-state index in [1.165, 1.54) is 36.5 Å². The second-order valence-electron chi connectivity index (χ2n) is 5.66. The maximum absolute atomic E-state index is 13.4. The van der Waals surface area contributed by atoms with Crippen molar-refractivity contribution < 1.29 is 17.9 Å². The number of nitrogens with one attached hydrogen (secondary N) is 1. The summed E-state index contributed by atoms with van der Waals surface area (Å²) >= 11 is 12.0. The number of halogens is 3. The third-order valence-electron chi connectivity index (χ3n) is 3.67. The number of hydrogen-bond acceptors (Lipinski definition) is 4. The molecule has 0 aliphatic heterocycles. The average molecular weight is 439 g/mol. The van der Waals surface area contributed by atoms with Gasteiger partial charge in [-0.25, -0.2) is 12.8 Å². The van der Waals surface area contributed by atoms with Gasteiger partial charge in [0.05, 0.1) is 26.3 Å². The molecule has 5 nitrogen and oxygen atoms in total. The molecule has 0 fully saturated rings. The lowest BCUT2D eigenvalue weighted by atomic mass is 10.2. The largest absolute Gasteiger partial charge is 0.507 e. The number of aromatic hydroxyl groups is 1. The van der Waals surface area contributed by atoms with E-state index in [9.17, 15) is 17.9 Å². The molecule has 0 amide bonds. The topological polar surface area (TPSA) is 78.8 Å². The number of sulfonamides is 1. The highest BCUT2D eigenvalue weighted by Crippen LogP contribution is 2.36. The lowest BCUT2D eigenvalue weighted by molar-refractivity contribution is 0.472. The van der Waals surface area contributed by atoms with Crippen molar-refractivity contribution in [3.63, 3.8) is 0 Å². The molecule has 9 heteroatoms. The molecular formula is C19H13Cl2FN2O3S. The molecule has 144 valence electrons. The molecule has 0 heterocycles. The fraction of sp³-hybridized carbons (Fsp3) is 0. The smallest absolute Gasteiger partial charge is 0.261 e. The Balaban J connectivity index is 2.02. The summed E-state index contributed by atoms with van der Waals surface area (Å²) in [5.74, 6) is -0.741. The molecule has 0 bridgehead atoms. The molecule has 3 rings (SSSR count). The number of hydrogen-bond donors (Lipinski definition) is 2. The first-order valence-electron chi connectivity index (χ1n) is 7.86. The molecular weight excluding hydrogens is 426 g/mol. The zero-order chi connectivity index (χ0) is 20.3. The van der Waals surface area contributed by atoms with Gasteiger partial charge >= 0.3 is 0 Å². The van der Waals surface area contributed by atoms with Crippen LogP contribution in [0.15, 0.2) is 70.6 Å². The van der Waals surface area contributed by atoms with Crippen molar-refractivity contribution in [1.29, 1.82) is 0 Å². The highest BCUT2D eigenvalue weighted by atomic mass is 35.5. The summed E-state index contributed by atoms with van der Waals surface area (Å²) in [7, 11) is -3.90. The number of benzene rings is 3. The van der Waals surface area contributed by atoms with Crippen LogP contribution in [0.1, 0.15) is 5.56 Å². The number of phenolic OH excluding ortho intramolecular Hbond substituents is 1. The maximum Gasteiger partial charge on any atom is 0.261 e. The van der Waals surface area contributed by atoms with Crippen molar-refractivity contribution in [1.82, 2.24) is 0 Å². The summed E-state index contributed by atoms with van der Waals surface area (Å²) < 4.78 is 41.0. The van der Waals surface area contributed by atoms with Crippen LogP contribution in [0.3, 0.4) is 0 Å². The third-order valence-corrected chi connectivity index (χ3v) is 5.77. The van der Waals surface area contributed by atoms with Crippen molar-refractivity contribution in [3.05, 3.63) is 82.1 Å². The van der Waals surface area contributed by atoms with Gasteiger partial charge in [0.15, 0.2) is 0 Å². The lowest BCUT2D eigenvalue weighted by Crippen LogP contribution is -2.13. The number of aliphatic imine (C=N–C) groups is 1. The summed E-state index contributed by atoms with van der Waals surface area (Å²) in [6.07, 6.45) is 1.19. The molecule has 0 aliphatic rings. The van der Waals surface area contributed by atoms with Crippen LogP contribution in [0.5, 0.6) is 5.75 Å². The maximum atomic E-state index is 13.4. The van der Waals surface area contributed by atoms with Gasteiger partial charge in [-0.05, 0) is 42.5 Å². The summed E-state index contributed by atoms with van der Waals surface area (Å²) in [6.45, 7) is 0. The highest BCUT2D eigenvalue weighted by Gasteiger charge is 2.17. The molecule has 2 N–H and O–H groups in total. The van der Waals surface area contributed by atoms with E-state index in [2.05, 4.69) is 9.71 Å². The quantitative estimate of drug-likeness (QED) is 0.524. The van der Waals surface area contributed by atoms with Gasteiger partial charge in [0, 0.05) is 11.8 Å². The molecule has 28 heavy (non-hydrogen) atoms. The minimum Gasteiger partial charge on any atom is -0.507 e. The van der Waals surface area contributed by atoms with E-state index in [1.54, 1.807) is 18.2 Å². The van der Waals surface area contributed by atoms with E-state index in [0.29, 0.717) is 0 Å². The van der Waals surface area contributed by atoms with Gasteiger partial charge in [0.25, 0.3) is 10.0 Å². The first kappa shape index (κ1) is 20.1. The lowest BCUT2D eigenvalue weighted by Gasteiger charge is -2.12. The van der Waals surface area contributed by atoms with Crippen molar-refractivity contribution in [2.45, 2.75) is 4.90 Å². The first-order chi connectivity index (χ1) is 13.3. The molecule has 3 aromatic rings. The number of nitrogens with zero attached hydrogens (tertiary/aromatic N) is 1. The van der Waals surface area contributed by atoms with Crippen LogP contribution in [0.4, 0.5) is 15.8 Å². The monoisotopic (exact) mass is 438 g/mol. The van der Waals surface area contributed by atoms with Gasteiger partial charge in [-0.3, -0.25) is 9.71 Å². The molecule has 0 saturated carbocycles. The minimum absolute atomic E-state index is 0.0544. The van der Waals surface area contributed by atoms with Crippen LogP contribution >= 0.6 is 23.2 Å². The Morgan fingerprint density at radius 2 is 1.68 bits per heavy atom. The van der Waals surface area contributed by atoms with Gasteiger partial charge in [0.1, 0.15) is 11.6 Å². The Morgan fingerprint density at radius 3 is 2.39 bits per heavy atom. The Kier molecular flexibility index (Phi) is 5.88. The van der Waals surface area contributed by atoms with Crippen molar-refractivity contribution in [2.24, 2.45) is 4.99 Å². The Morgan fingerprint density at radius 1 is 1.00 bits per heavy atom. The van der Waals surface area contributed by atoms with Gasteiger partial charge in [-0.15, -0.1) is 0 Å². The summed E-state index contributed by atoms with van der Waals surface area (Å²) in [5.41, 5.74) is 0.325. The zero-order valence-electron chi connectivity index (χ0n) is 14.1. The SMILES string of the molecule is O=S(=O)(Nc1cc(Cl)c(Cl)cc1N=Cc1cc(F)ccc1O)c1ccccc1. The number of rotatable bonds is 5. The van der Waals surface area contributed by atoms with Crippen LogP contribution in [0.2, 0.25) is 10.0 Å². The molecule has 0 saturated heterocycles. The van der Waals surface area contributed by atoms with Gasteiger partial charge in [0.2, 0.25) is 0 Å². The Bertz CT molecular complexity index is 1150. The van der Waals surface area contributed by atoms with Gasteiger partial charge in [-0.2, -0.15) is 0 Å². The average Bonchev–Trinajstić information content (AvgIpc) is 2.66. The van der Waals surface area contributed by atoms with E-state index >= 15 is 0 Å². The van der Waals surface area contributed by atoms with Crippen LogP contribution in [-0.2, 0) is 10.0 Å². The van der Waals surface area contributed by atoms with E-state index in [0.717, 1.165) is 12.1 Å². The fourth-order valence-corrected chi connectivity index (χ4v) is 3.70. The highest BCUT2D eigenvalue weighted by molar-refractivity contribution is 7.92. The molecule has 0 aromatic heterocycles. The van der Waals surface area contributed by atoms with E-state index in [4.69, 9.17) is 23.2 Å². The van der Waals surface area contributed by atoms with Crippen LogP contribution in [0.25, 0.3) is 0 Å². The second-order valence-corrected chi connectivity index (χ2v) is 8.16. The molecule has 0 unspecified atom stereocenters. The van der Waals surface area contributed by atoms with Crippen LogP contribution in [0, 0.1) is 5.82 Å². The molecule has 0 radical (unpaired) electrons. The molecule has 3 aromatic carbocycles. The van der Waals surface area contributed by atoms with Gasteiger partial charge in [-0.1, -0.05) is 41.4 Å². The predicted molar refractivity (Wildman–Crippen MR) is 109 cm³/mol. The standard InChI is InChI=1S/C19H13Cl2FN2O3S/c20-15-9-17(23-11-12-8-13(22)6-7-19(12)25)18(10-16(15)21)24-28(26,27)14-4-2-1-3-5-14/h1-11,24-25H. The predicted octanol–water partition coefficient (Wildman–Crippen LogP) is 5.39. The summed E-state index contributed by atoms with van der Waals surface area (Å²) in [6, 6.07) is 13.8. The van der Waals surface area contributed by atoms with Crippen molar-refractivity contribution >= 4 is 50.8 Å². The zero-order valence-corrected chi connectivity index (χ0v) is 16.4. The van der Waals surface area contributed by atoms with Crippen molar-refractivity contribution in [3.8, 4) is 5.75 Å². The van der Waals surface area contributed by atoms with Crippen LogP contribution < -0.4 is 4.72 Å². The second kappa shape index (κ2) is 8.18. The molecule has 0 atom stereocenters. The minimum atomic E-state index is -3.90. The third kappa shape index (κ3) is 4.62. The first-order valence-corrected chi connectivity index (χ1v) is 10.1. The van der Waals surface area contributed by atoms with Crippen molar-refractivity contribution in [2.75, 3.05) is 4.72 Å². The number of anilines is 1. The molecule has 0 aliphatic carbocycles. The Labute approximate surface area is 171 Å². The van der Waals surface area contributed by atoms with E-state index in [-0.39, 0.29) is 37.6 Å².